The Balaban J connectivity index is 0.00000100. The highest BCUT2D eigenvalue weighted by Gasteiger charge is 2.51. The molecule has 0 radical (unpaired) electrons. The number of hydrogen-bond donors (Lipinski definition) is 0. The van der Waals surface area contributed by atoms with Gasteiger partial charge in [0.05, 0.1) is 0 Å². The fourth-order valence-corrected chi connectivity index (χ4v) is 8.28. The maximum absolute atomic E-state index is 9.75. The summed E-state index contributed by atoms with van der Waals surface area (Å²) in [4.78, 5) is 2.71. The molecule has 56 heavy (non-hydrogen) atoms. The topological polar surface area (TPSA) is 6.25 Å². The number of nitrogens with zero attached hydrogens (tertiary/aromatic N) is 2. The molecule has 0 bridgehead atoms. The number of rotatable bonds is 8. The van der Waals surface area contributed by atoms with E-state index in [1.807, 2.05) is 0 Å². The van der Waals surface area contributed by atoms with Gasteiger partial charge in [-0.25, -0.2) is 9.48 Å². The Morgan fingerprint density at radius 1 is 0.464 bits per heavy atom. The first kappa shape index (κ1) is 40.2. The molecule has 7 rings (SSSR count). The molecular weight excluding hydrogens is 703 g/mol. The molecule has 1 aliphatic heterocycles. The molecule has 288 valence electrons. The van der Waals surface area contributed by atoms with Crippen LogP contribution in [0, 0.1) is 55.4 Å². The molecule has 0 N–H and O–H groups in total. The monoisotopic (exact) mass is 754 g/mol. The van der Waals surface area contributed by atoms with Crippen molar-refractivity contribution in [2.45, 2.75) is 79.6 Å². The quantitative estimate of drug-likeness (QED) is 0.0852. The number of hydrogen-bond acceptors (Lipinski definition) is 1. The van der Waals surface area contributed by atoms with Gasteiger partial charge in [-0.1, -0.05) is 156 Å². The third-order valence-electron chi connectivity index (χ3n) is 11.0. The van der Waals surface area contributed by atoms with Gasteiger partial charge in [0, 0.05) is 33.4 Å². The van der Waals surface area contributed by atoms with Gasteiger partial charge < -0.3 is 17.3 Å². The van der Waals surface area contributed by atoms with Gasteiger partial charge in [0.2, 0.25) is 6.34 Å². The predicted molar refractivity (Wildman–Crippen MR) is 224 cm³/mol. The minimum atomic E-state index is -6.00. The summed E-state index contributed by atoms with van der Waals surface area (Å²) in [6, 6.07) is 50.3. The van der Waals surface area contributed by atoms with Crippen LogP contribution in [0.1, 0.15) is 102 Å². The summed E-state index contributed by atoms with van der Waals surface area (Å²) >= 11 is 0. The maximum Gasteiger partial charge on any atom is 0.673 e. The zero-order valence-electron chi connectivity index (χ0n) is 33.6. The van der Waals surface area contributed by atoms with Crippen LogP contribution >= 0.6 is 0 Å². The summed E-state index contributed by atoms with van der Waals surface area (Å²) in [7, 11) is -6.00. The second-order valence-corrected chi connectivity index (χ2v) is 15.5. The Hall–Kier alpha value is -5.43. The summed E-state index contributed by atoms with van der Waals surface area (Å²) in [6.45, 7) is 18.0. The van der Waals surface area contributed by atoms with E-state index in [-0.39, 0.29) is 24.2 Å². The van der Waals surface area contributed by atoms with Crippen LogP contribution in [0.25, 0.3) is 0 Å². The van der Waals surface area contributed by atoms with Crippen LogP contribution in [0.3, 0.4) is 0 Å². The lowest BCUT2D eigenvalue weighted by atomic mass is 9.85. The summed E-state index contributed by atoms with van der Waals surface area (Å²) < 4.78 is 41.7. The molecule has 6 aromatic carbocycles. The van der Waals surface area contributed by atoms with E-state index < -0.39 is 7.25 Å². The average Bonchev–Trinajstić information content (AvgIpc) is 3.54. The van der Waals surface area contributed by atoms with Crippen LogP contribution in [0.5, 0.6) is 0 Å². The van der Waals surface area contributed by atoms with Crippen LogP contribution < -0.4 is 0 Å². The number of aryl methyl sites for hydroxylation is 8. The highest BCUT2D eigenvalue weighted by molar-refractivity contribution is 6.50. The van der Waals surface area contributed by atoms with Crippen LogP contribution in [0.4, 0.5) is 17.3 Å². The molecule has 6 aromatic rings. The molecular formula is C49H51BF4N2. The van der Waals surface area contributed by atoms with E-state index >= 15 is 0 Å². The highest BCUT2D eigenvalue weighted by atomic mass is 19.5. The van der Waals surface area contributed by atoms with E-state index in [9.17, 15) is 17.3 Å². The van der Waals surface area contributed by atoms with E-state index in [0.29, 0.717) is 0 Å². The van der Waals surface area contributed by atoms with E-state index in [4.69, 9.17) is 0 Å². The molecule has 2 atom stereocenters. The van der Waals surface area contributed by atoms with Crippen LogP contribution in [-0.2, 0) is 0 Å². The first-order chi connectivity index (χ1) is 26.6. The van der Waals surface area contributed by atoms with Gasteiger partial charge in [0.15, 0.2) is 12.1 Å². The van der Waals surface area contributed by atoms with Crippen LogP contribution in [0.15, 0.2) is 133 Å². The number of halogens is 4. The molecule has 2 nitrogen and oxygen atoms in total. The highest BCUT2D eigenvalue weighted by Crippen LogP contribution is 2.50. The molecule has 0 saturated heterocycles. The van der Waals surface area contributed by atoms with Gasteiger partial charge in [-0.3, -0.25) is 0 Å². The molecule has 0 aliphatic carbocycles. The van der Waals surface area contributed by atoms with Crippen molar-refractivity contribution in [3.8, 4) is 0 Å². The Morgan fingerprint density at radius 2 is 0.804 bits per heavy atom. The minimum absolute atomic E-state index is 0.0101. The standard InChI is InChI=1S/C49H51N2.BF4/c1-32-19-23-36(5)42(27-32)48(43-28-33(2)20-24-37(43)6)50-31-51(47(41-17-13-10-14-18-41)46(50)40-15-11-9-12-16-40)49(44-29-34(3)21-25-38(44)7)45-30-35(4)22-26-39(45)8;2-1(3,4)5/h9-31,46-49H,1-8H3;/q+1;-1/t46-,47-;/m0./s1. The van der Waals surface area contributed by atoms with Gasteiger partial charge in [-0.05, 0) is 77.6 Å². The van der Waals surface area contributed by atoms with Crippen molar-refractivity contribution >= 4 is 13.6 Å². The van der Waals surface area contributed by atoms with Crippen molar-refractivity contribution in [2.24, 2.45) is 0 Å². The zero-order valence-corrected chi connectivity index (χ0v) is 33.6. The largest absolute Gasteiger partial charge is 0.673 e. The van der Waals surface area contributed by atoms with Crippen molar-refractivity contribution in [2.75, 3.05) is 0 Å². The smallest absolute Gasteiger partial charge is 0.418 e. The first-order valence-electron chi connectivity index (χ1n) is 19.3. The molecule has 0 unspecified atom stereocenters. The summed E-state index contributed by atoms with van der Waals surface area (Å²) in [5.74, 6) is 0. The van der Waals surface area contributed by atoms with Crippen molar-refractivity contribution in [3.63, 3.8) is 0 Å². The lowest BCUT2D eigenvalue weighted by Gasteiger charge is -2.32. The molecule has 1 aliphatic rings. The lowest BCUT2D eigenvalue weighted by Crippen LogP contribution is -2.32. The van der Waals surface area contributed by atoms with E-state index in [0.717, 1.165) is 0 Å². The lowest BCUT2D eigenvalue weighted by molar-refractivity contribution is -0.596. The Bertz CT molecular complexity index is 2230. The van der Waals surface area contributed by atoms with Crippen molar-refractivity contribution in [3.05, 3.63) is 211 Å². The molecule has 0 spiro atoms. The van der Waals surface area contributed by atoms with Crippen LogP contribution in [-0.4, -0.2) is 23.1 Å². The Morgan fingerprint density at radius 3 is 1.20 bits per heavy atom. The van der Waals surface area contributed by atoms with Gasteiger partial charge >= 0.3 is 7.25 Å². The fraction of sp³-hybridized carbons (Fsp3) is 0.245. The molecule has 0 aromatic heterocycles. The van der Waals surface area contributed by atoms with Gasteiger partial charge in [0.1, 0.15) is 12.1 Å². The van der Waals surface area contributed by atoms with E-state index in [2.05, 4.69) is 205 Å². The van der Waals surface area contributed by atoms with E-state index in [1.54, 1.807) is 0 Å². The average molecular weight is 755 g/mol. The van der Waals surface area contributed by atoms with Crippen molar-refractivity contribution < 1.29 is 21.8 Å². The Labute approximate surface area is 330 Å². The normalized spacial score (nSPS) is 15.5. The summed E-state index contributed by atoms with van der Waals surface area (Å²) in [5.41, 5.74) is 18.4. The summed E-state index contributed by atoms with van der Waals surface area (Å²) in [5, 5.41) is 0. The van der Waals surface area contributed by atoms with Gasteiger partial charge in [0.25, 0.3) is 0 Å². The molecule has 1 heterocycles. The second kappa shape index (κ2) is 16.7. The SMILES string of the molecule is Cc1ccc(C)c(C(c2cc(C)ccc2C)N2C=[N+](C(c3cc(C)ccc3C)c3cc(C)ccc3C)[C@@H](c3ccccc3)[C@@H]2c2ccccc2)c1.F[B-](F)(F)F. The Kier molecular flexibility index (Phi) is 12.0. The maximum atomic E-state index is 9.75. The molecule has 0 saturated carbocycles. The third kappa shape index (κ3) is 8.99. The fourth-order valence-electron chi connectivity index (χ4n) is 8.28. The van der Waals surface area contributed by atoms with Gasteiger partial charge in [-0.15, -0.1) is 0 Å². The molecule has 7 heteroatoms. The summed E-state index contributed by atoms with van der Waals surface area (Å²) in [6.07, 6.45) is 2.51. The van der Waals surface area contributed by atoms with Crippen LogP contribution in [0.2, 0.25) is 0 Å². The van der Waals surface area contributed by atoms with Gasteiger partial charge in [-0.2, -0.15) is 0 Å². The van der Waals surface area contributed by atoms with Crippen molar-refractivity contribution in [1.29, 1.82) is 0 Å². The predicted octanol–water partition coefficient (Wildman–Crippen LogP) is 13.2. The second-order valence-electron chi connectivity index (χ2n) is 15.5. The number of benzene rings is 6. The molecule has 0 fully saturated rings. The minimum Gasteiger partial charge on any atom is -0.418 e. The zero-order chi connectivity index (χ0) is 40.3. The third-order valence-corrected chi connectivity index (χ3v) is 11.0. The first-order valence-corrected chi connectivity index (χ1v) is 19.3. The van der Waals surface area contributed by atoms with E-state index in [1.165, 1.54) is 77.9 Å². The van der Waals surface area contributed by atoms with Crippen molar-refractivity contribution in [1.82, 2.24) is 4.90 Å². The molecule has 0 amide bonds.